The number of carbonyl (C=O) groups excluding carboxylic acids is 1. The van der Waals surface area contributed by atoms with Gasteiger partial charge in [-0.15, -0.1) is 0 Å². The van der Waals surface area contributed by atoms with E-state index in [-0.39, 0.29) is 31.3 Å². The summed E-state index contributed by atoms with van der Waals surface area (Å²) in [5, 5.41) is 9.49. The molecule has 70 valence electrons. The molecule has 0 spiro atoms. The average molecular weight is 193 g/mol. The zero-order chi connectivity index (χ0) is 9.19. The highest BCUT2D eigenvalue weighted by Gasteiger charge is 2.48. The Morgan fingerprint density at radius 2 is 2.33 bits per heavy atom. The highest BCUT2D eigenvalue weighted by atomic mass is 31.1. The average Bonchev–Trinajstić information content (AvgIpc) is 2.00. The Morgan fingerprint density at radius 3 is 2.75 bits per heavy atom. The zero-order valence-corrected chi connectivity index (χ0v) is 7.49. The number of rotatable bonds is 4. The zero-order valence-electron chi connectivity index (χ0n) is 6.49. The molecule has 0 bridgehead atoms. The lowest BCUT2D eigenvalue weighted by molar-refractivity contribution is -0.156. The minimum Gasteiger partial charge on any atom is -0.382 e. The molecule has 1 fully saturated rings. The van der Waals surface area contributed by atoms with E-state index in [2.05, 4.69) is 0 Å². The molecule has 1 unspecified atom stereocenters. The molecule has 6 heteroatoms. The molecule has 0 amide bonds. The van der Waals surface area contributed by atoms with Crippen molar-refractivity contribution in [3.63, 3.8) is 0 Å². The van der Waals surface area contributed by atoms with E-state index >= 15 is 0 Å². The summed E-state index contributed by atoms with van der Waals surface area (Å²) in [4.78, 5) is 19.4. The highest BCUT2D eigenvalue weighted by molar-refractivity contribution is 7.25. The Balaban J connectivity index is 2.34. The number of nitrogens with two attached hydrogens (primary N) is 1. The van der Waals surface area contributed by atoms with Gasteiger partial charge in [0.2, 0.25) is 0 Å². The maximum absolute atomic E-state index is 11.0. The first-order valence-corrected chi connectivity index (χ1v) is 4.48. The van der Waals surface area contributed by atoms with Crippen LogP contribution in [0.1, 0.15) is 12.8 Å². The quantitative estimate of drug-likeness (QED) is 0.494. The van der Waals surface area contributed by atoms with Crippen molar-refractivity contribution in [1.82, 2.24) is 0 Å². The van der Waals surface area contributed by atoms with Crippen LogP contribution in [0, 0.1) is 0 Å². The van der Waals surface area contributed by atoms with Crippen LogP contribution >= 0.6 is 9.03 Å². The third-order valence-electron chi connectivity index (χ3n) is 2.05. The van der Waals surface area contributed by atoms with Crippen molar-refractivity contribution < 1.29 is 19.3 Å². The number of Topliss-reactive ketones (excluding diaryl/α,β-unsaturated/α-hetero) is 1. The monoisotopic (exact) mass is 193 g/mol. The minimum absolute atomic E-state index is 0.148. The molecule has 1 aliphatic rings. The Bertz CT molecular complexity index is 180. The molecule has 0 aromatic rings. The van der Waals surface area contributed by atoms with Crippen LogP contribution in [0.15, 0.2) is 0 Å². The van der Waals surface area contributed by atoms with Gasteiger partial charge in [0, 0.05) is 12.8 Å². The predicted molar refractivity (Wildman–Crippen MR) is 43.7 cm³/mol. The molecular formula is C6H12NO4P. The van der Waals surface area contributed by atoms with Gasteiger partial charge in [-0.3, -0.25) is 4.79 Å². The lowest BCUT2D eigenvalue weighted by Gasteiger charge is -2.40. The van der Waals surface area contributed by atoms with E-state index in [1.54, 1.807) is 0 Å². The molecule has 0 saturated heterocycles. The lowest BCUT2D eigenvalue weighted by Crippen LogP contribution is -2.55. The summed E-state index contributed by atoms with van der Waals surface area (Å²) in [7, 11) is -0.587. The van der Waals surface area contributed by atoms with Crippen LogP contribution in [-0.4, -0.2) is 34.0 Å². The molecule has 0 aromatic carbocycles. The lowest BCUT2D eigenvalue weighted by atomic mass is 9.75. The van der Waals surface area contributed by atoms with Gasteiger partial charge < -0.3 is 20.3 Å². The predicted octanol–water partition coefficient (Wildman–Crippen LogP) is -1.07. The number of carbonyl (C=O) groups is 1. The number of ketones is 1. The normalized spacial score (nSPS) is 35.4. The van der Waals surface area contributed by atoms with Crippen LogP contribution in [0.3, 0.4) is 0 Å². The summed E-state index contributed by atoms with van der Waals surface area (Å²) < 4.78 is 4.80. The molecule has 0 aliphatic heterocycles. The molecule has 1 rings (SSSR count). The smallest absolute Gasteiger partial charge is 0.177 e. The fourth-order valence-electron chi connectivity index (χ4n) is 1.27. The molecular weight excluding hydrogens is 181 g/mol. The van der Waals surface area contributed by atoms with Crippen molar-refractivity contribution in [3.05, 3.63) is 0 Å². The Morgan fingerprint density at radius 1 is 1.75 bits per heavy atom. The fraction of sp³-hybridized carbons (Fsp3) is 0.833. The van der Waals surface area contributed by atoms with Gasteiger partial charge in [0.25, 0.3) is 0 Å². The van der Waals surface area contributed by atoms with Gasteiger partial charge in [-0.2, -0.15) is 0 Å². The second kappa shape index (κ2) is 3.77. The van der Waals surface area contributed by atoms with Gasteiger partial charge in [-0.25, -0.2) is 0 Å². The van der Waals surface area contributed by atoms with Crippen molar-refractivity contribution in [1.29, 1.82) is 0 Å². The summed E-state index contributed by atoms with van der Waals surface area (Å²) in [5.41, 5.74) is 3.80. The summed E-state index contributed by atoms with van der Waals surface area (Å²) in [6, 6.07) is 0. The second-order valence-electron chi connectivity index (χ2n) is 2.90. The van der Waals surface area contributed by atoms with E-state index in [0.717, 1.165) is 0 Å². The standard InChI is InChI=1S/C6H12NO4P/c7-3-5(8)6(9)1-4(2-6)11-12-10/h4,9-10,12H,1-3,7H2. The molecule has 0 heterocycles. The van der Waals surface area contributed by atoms with Crippen molar-refractivity contribution >= 4 is 14.8 Å². The molecule has 1 aliphatic carbocycles. The maximum Gasteiger partial charge on any atom is 0.177 e. The first-order valence-electron chi connectivity index (χ1n) is 3.63. The third-order valence-corrected chi connectivity index (χ3v) is 2.49. The van der Waals surface area contributed by atoms with Crippen LogP contribution in [-0.2, 0) is 9.32 Å². The van der Waals surface area contributed by atoms with Crippen molar-refractivity contribution in [2.24, 2.45) is 5.73 Å². The van der Waals surface area contributed by atoms with Crippen LogP contribution in [0.25, 0.3) is 0 Å². The van der Waals surface area contributed by atoms with Crippen LogP contribution in [0.2, 0.25) is 0 Å². The molecule has 1 saturated carbocycles. The summed E-state index contributed by atoms with van der Waals surface area (Å²) in [6.45, 7) is -0.148. The Hall–Kier alpha value is -0.0600. The largest absolute Gasteiger partial charge is 0.382 e. The maximum atomic E-state index is 11.0. The second-order valence-corrected chi connectivity index (χ2v) is 3.32. The molecule has 0 radical (unpaired) electrons. The van der Waals surface area contributed by atoms with E-state index in [0.29, 0.717) is 0 Å². The van der Waals surface area contributed by atoms with Gasteiger partial charge >= 0.3 is 0 Å². The van der Waals surface area contributed by atoms with Crippen molar-refractivity contribution in [2.45, 2.75) is 24.5 Å². The van der Waals surface area contributed by atoms with Crippen LogP contribution in [0.4, 0.5) is 0 Å². The van der Waals surface area contributed by atoms with Gasteiger partial charge in [-0.05, 0) is 0 Å². The SMILES string of the molecule is NCC(=O)C1(O)CC(OPO)C1. The number of aliphatic hydroxyl groups is 1. The first kappa shape index (κ1) is 10.0. The Kier molecular flexibility index (Phi) is 3.15. The number of hydrogen-bond donors (Lipinski definition) is 3. The third kappa shape index (κ3) is 1.81. The summed E-state index contributed by atoms with van der Waals surface area (Å²) in [5.74, 6) is -0.358. The van der Waals surface area contributed by atoms with Crippen LogP contribution in [0.5, 0.6) is 0 Å². The van der Waals surface area contributed by atoms with E-state index in [9.17, 15) is 9.90 Å². The molecule has 12 heavy (non-hydrogen) atoms. The minimum atomic E-state index is -1.29. The van der Waals surface area contributed by atoms with Crippen molar-refractivity contribution in [3.8, 4) is 0 Å². The van der Waals surface area contributed by atoms with E-state index in [1.807, 2.05) is 0 Å². The molecule has 4 N–H and O–H groups in total. The molecule has 1 atom stereocenters. The van der Waals surface area contributed by atoms with Gasteiger partial charge in [-0.1, -0.05) is 0 Å². The fourth-order valence-corrected chi connectivity index (χ4v) is 1.58. The summed E-state index contributed by atoms with van der Waals surface area (Å²) in [6.07, 6.45) is 0.293. The van der Waals surface area contributed by atoms with Crippen molar-refractivity contribution in [2.75, 3.05) is 6.54 Å². The number of hydrogen-bond acceptors (Lipinski definition) is 5. The highest BCUT2D eigenvalue weighted by Crippen LogP contribution is 2.37. The van der Waals surface area contributed by atoms with Gasteiger partial charge in [0.15, 0.2) is 14.8 Å². The van der Waals surface area contributed by atoms with E-state index in [1.165, 1.54) is 0 Å². The van der Waals surface area contributed by atoms with Gasteiger partial charge in [0.05, 0.1) is 12.6 Å². The van der Waals surface area contributed by atoms with E-state index in [4.69, 9.17) is 15.2 Å². The molecule has 5 nitrogen and oxygen atoms in total. The van der Waals surface area contributed by atoms with Crippen LogP contribution < -0.4 is 5.73 Å². The molecule has 0 aromatic heterocycles. The van der Waals surface area contributed by atoms with E-state index < -0.39 is 14.6 Å². The van der Waals surface area contributed by atoms with Gasteiger partial charge in [0.1, 0.15) is 5.60 Å². The summed E-state index contributed by atoms with van der Waals surface area (Å²) >= 11 is 0. The topological polar surface area (TPSA) is 92.8 Å². The Labute approximate surface area is 71.8 Å². The first-order chi connectivity index (χ1) is 5.62.